The van der Waals surface area contributed by atoms with Crippen LogP contribution in [0.3, 0.4) is 0 Å². The molecule has 0 saturated carbocycles. The van der Waals surface area contributed by atoms with E-state index in [-0.39, 0.29) is 11.8 Å². The summed E-state index contributed by atoms with van der Waals surface area (Å²) in [6, 6.07) is 23.9. The number of hydroxylamine groups is 1. The minimum atomic E-state index is -0.909. The van der Waals surface area contributed by atoms with Gasteiger partial charge in [0.05, 0.1) is 30.6 Å². The highest BCUT2D eigenvalue weighted by molar-refractivity contribution is 6.23. The first kappa shape index (κ1) is 26.8. The number of para-hydroxylation sites is 1. The molecule has 3 aromatic carbocycles. The molecule has 204 valence electrons. The predicted octanol–water partition coefficient (Wildman–Crippen LogP) is 6.49. The van der Waals surface area contributed by atoms with E-state index in [2.05, 4.69) is 6.92 Å². The fourth-order valence-electron chi connectivity index (χ4n) is 5.32. The molecule has 2 amide bonds. The molecular formula is C32H36N2O5. The van der Waals surface area contributed by atoms with E-state index in [4.69, 9.17) is 14.3 Å². The average molecular weight is 529 g/mol. The molecule has 2 aliphatic heterocycles. The molecule has 0 aromatic heterocycles. The van der Waals surface area contributed by atoms with Gasteiger partial charge in [-0.25, -0.2) is 9.96 Å². The molecule has 2 aliphatic rings. The Morgan fingerprint density at radius 3 is 2.08 bits per heavy atom. The van der Waals surface area contributed by atoms with E-state index in [9.17, 15) is 9.59 Å². The van der Waals surface area contributed by atoms with Crippen LogP contribution in [0.1, 0.15) is 57.6 Å². The van der Waals surface area contributed by atoms with E-state index in [1.165, 1.54) is 30.6 Å². The van der Waals surface area contributed by atoms with E-state index in [0.717, 1.165) is 23.4 Å². The van der Waals surface area contributed by atoms with Crippen LogP contribution in [0.25, 0.3) is 0 Å². The summed E-state index contributed by atoms with van der Waals surface area (Å²) in [6.45, 7) is 5.34. The first-order chi connectivity index (χ1) is 19.1. The highest BCUT2D eigenvalue weighted by atomic mass is 16.7. The van der Waals surface area contributed by atoms with Gasteiger partial charge in [-0.1, -0.05) is 62.9 Å². The highest BCUT2D eigenvalue weighted by Gasteiger charge is 2.60. The average Bonchev–Trinajstić information content (AvgIpc) is 3.48. The highest BCUT2D eigenvalue weighted by Crippen LogP contribution is 2.47. The second kappa shape index (κ2) is 12.3. The number of amides is 2. The Hall–Kier alpha value is -3.84. The van der Waals surface area contributed by atoms with E-state index >= 15 is 0 Å². The van der Waals surface area contributed by atoms with Crippen LogP contribution in [-0.2, 0) is 14.4 Å². The molecule has 0 N–H and O–H groups in total. The summed E-state index contributed by atoms with van der Waals surface area (Å²) in [5, 5.41) is 1.71. The van der Waals surface area contributed by atoms with Gasteiger partial charge in [-0.15, -0.1) is 0 Å². The second-order valence-electron chi connectivity index (χ2n) is 9.93. The molecule has 0 radical (unpaired) electrons. The van der Waals surface area contributed by atoms with Gasteiger partial charge in [-0.05, 0) is 67.4 Å². The monoisotopic (exact) mass is 528 g/mol. The molecule has 3 atom stereocenters. The molecule has 0 bridgehead atoms. The number of carbonyl (C=O) groups excluding carboxylic acids is 2. The lowest BCUT2D eigenvalue weighted by atomic mass is 9.90. The molecule has 0 aliphatic carbocycles. The van der Waals surface area contributed by atoms with Gasteiger partial charge in [0, 0.05) is 0 Å². The van der Waals surface area contributed by atoms with Crippen LogP contribution in [0.15, 0.2) is 78.9 Å². The lowest BCUT2D eigenvalue weighted by molar-refractivity contribution is -0.126. The van der Waals surface area contributed by atoms with Crippen LogP contribution in [0, 0.1) is 5.92 Å². The molecule has 2 heterocycles. The maximum absolute atomic E-state index is 13.8. The maximum atomic E-state index is 13.8. The Morgan fingerprint density at radius 2 is 1.38 bits per heavy atom. The third-order valence-electron chi connectivity index (χ3n) is 7.27. The first-order valence-corrected chi connectivity index (χ1v) is 14.0. The van der Waals surface area contributed by atoms with Gasteiger partial charge < -0.3 is 9.47 Å². The topological polar surface area (TPSA) is 68.3 Å². The van der Waals surface area contributed by atoms with Crippen molar-refractivity contribution in [3.05, 3.63) is 84.4 Å². The molecule has 0 unspecified atom stereocenters. The Morgan fingerprint density at radius 1 is 0.718 bits per heavy atom. The molecule has 7 nitrogen and oxygen atoms in total. The van der Waals surface area contributed by atoms with Crippen molar-refractivity contribution in [3.63, 3.8) is 0 Å². The van der Waals surface area contributed by atoms with Gasteiger partial charge in [-0.2, -0.15) is 0 Å². The normalized spacial score (nSPS) is 20.4. The van der Waals surface area contributed by atoms with E-state index < -0.39 is 18.1 Å². The number of imide groups is 1. The fraction of sp³-hybridized carbons (Fsp3) is 0.375. The van der Waals surface area contributed by atoms with Crippen LogP contribution in [0.4, 0.5) is 11.4 Å². The van der Waals surface area contributed by atoms with E-state index in [0.29, 0.717) is 24.7 Å². The molecule has 5 rings (SSSR count). The van der Waals surface area contributed by atoms with Crippen molar-refractivity contribution in [2.45, 2.75) is 58.1 Å². The minimum Gasteiger partial charge on any atom is -0.494 e. The van der Waals surface area contributed by atoms with Gasteiger partial charge in [0.2, 0.25) is 5.91 Å². The Balaban J connectivity index is 1.37. The van der Waals surface area contributed by atoms with Gasteiger partial charge in [0.25, 0.3) is 5.91 Å². The van der Waals surface area contributed by atoms with Crippen molar-refractivity contribution in [1.29, 1.82) is 0 Å². The first-order valence-electron chi connectivity index (χ1n) is 14.0. The molecule has 0 spiro atoms. The lowest BCUT2D eigenvalue weighted by Gasteiger charge is -2.29. The minimum absolute atomic E-state index is 0.273. The molecule has 2 fully saturated rings. The second-order valence-corrected chi connectivity index (χ2v) is 9.93. The van der Waals surface area contributed by atoms with Crippen molar-refractivity contribution in [1.82, 2.24) is 0 Å². The maximum Gasteiger partial charge on any atom is 0.266 e. The number of rotatable bonds is 12. The summed E-state index contributed by atoms with van der Waals surface area (Å²) < 4.78 is 11.5. The zero-order valence-electron chi connectivity index (χ0n) is 22.6. The van der Waals surface area contributed by atoms with Crippen LogP contribution in [-0.4, -0.2) is 31.1 Å². The van der Waals surface area contributed by atoms with Crippen molar-refractivity contribution >= 4 is 23.2 Å². The SMILES string of the molecule is CCCCCCCOc1ccc([C@@H]2[C@@H]3C(=O)N(c4ccc(OCC)cc4)C(=O)[C@@H]3ON2c2ccccc2)cc1. The van der Waals surface area contributed by atoms with Crippen LogP contribution in [0.2, 0.25) is 0 Å². The van der Waals surface area contributed by atoms with Crippen LogP contribution in [0.5, 0.6) is 11.5 Å². The summed E-state index contributed by atoms with van der Waals surface area (Å²) in [7, 11) is 0. The smallest absolute Gasteiger partial charge is 0.266 e. The number of unbranched alkanes of at least 4 members (excludes halogenated alkanes) is 4. The van der Waals surface area contributed by atoms with Crippen molar-refractivity contribution in [2.75, 3.05) is 23.2 Å². The third kappa shape index (κ3) is 5.64. The number of fused-ring (bicyclic) bond motifs is 1. The Labute approximate surface area is 230 Å². The summed E-state index contributed by atoms with van der Waals surface area (Å²) >= 11 is 0. The van der Waals surface area contributed by atoms with E-state index in [1.54, 1.807) is 29.3 Å². The summed E-state index contributed by atoms with van der Waals surface area (Å²) in [5.74, 6) is 0.161. The predicted molar refractivity (Wildman–Crippen MR) is 151 cm³/mol. The fourth-order valence-corrected chi connectivity index (χ4v) is 5.32. The summed E-state index contributed by atoms with van der Waals surface area (Å²) in [6.07, 6.45) is 5.01. The molecule has 2 saturated heterocycles. The summed E-state index contributed by atoms with van der Waals surface area (Å²) in [4.78, 5) is 34.8. The Bertz CT molecular complexity index is 1250. The molecular weight excluding hydrogens is 492 g/mol. The van der Waals surface area contributed by atoms with Gasteiger partial charge in [-0.3, -0.25) is 14.4 Å². The van der Waals surface area contributed by atoms with Crippen molar-refractivity contribution < 1.29 is 23.9 Å². The molecule has 39 heavy (non-hydrogen) atoms. The van der Waals surface area contributed by atoms with Gasteiger partial charge in [0.15, 0.2) is 6.10 Å². The Kier molecular flexibility index (Phi) is 8.47. The van der Waals surface area contributed by atoms with E-state index in [1.807, 2.05) is 61.5 Å². The number of carbonyl (C=O) groups is 2. The largest absolute Gasteiger partial charge is 0.494 e. The molecule has 3 aromatic rings. The third-order valence-corrected chi connectivity index (χ3v) is 7.27. The molecule has 7 heteroatoms. The van der Waals surface area contributed by atoms with Gasteiger partial charge in [0.1, 0.15) is 17.4 Å². The number of hydrogen-bond acceptors (Lipinski definition) is 6. The number of nitrogens with zero attached hydrogens (tertiary/aromatic N) is 2. The van der Waals surface area contributed by atoms with Gasteiger partial charge >= 0.3 is 0 Å². The zero-order chi connectivity index (χ0) is 27.2. The number of anilines is 2. The quantitative estimate of drug-likeness (QED) is 0.198. The van der Waals surface area contributed by atoms with Crippen molar-refractivity contribution in [2.24, 2.45) is 5.92 Å². The zero-order valence-corrected chi connectivity index (χ0v) is 22.6. The number of hydrogen-bond donors (Lipinski definition) is 0. The number of benzene rings is 3. The van der Waals surface area contributed by atoms with Crippen molar-refractivity contribution in [3.8, 4) is 11.5 Å². The van der Waals surface area contributed by atoms with Crippen LogP contribution >= 0.6 is 0 Å². The van der Waals surface area contributed by atoms with Crippen LogP contribution < -0.4 is 19.4 Å². The number of ether oxygens (including phenoxy) is 2. The summed E-state index contributed by atoms with van der Waals surface area (Å²) in [5.41, 5.74) is 2.19. The lowest BCUT2D eigenvalue weighted by Crippen LogP contribution is -2.37. The standard InChI is InChI=1S/C32H36N2O5/c1-3-5-6-7-11-22-38-27-18-14-23(15-19-27)29-28-30(39-34(29)25-12-9-8-10-13-25)32(36)33(31(28)35)24-16-20-26(21-17-24)37-4-2/h8-10,12-21,28-30H,3-7,11,22H2,1-2H3/t28-,29+,30+/m0/s1.